The van der Waals surface area contributed by atoms with Crippen LogP contribution in [0.4, 0.5) is 0 Å². The molecule has 1 aliphatic heterocycles. The van der Waals surface area contributed by atoms with E-state index in [4.69, 9.17) is 0 Å². The number of para-hydroxylation sites is 1. The van der Waals surface area contributed by atoms with Crippen molar-refractivity contribution in [2.45, 2.75) is 50.6 Å². The first-order valence-electron chi connectivity index (χ1n) is 10.4. The second-order valence-corrected chi connectivity index (χ2v) is 8.73. The molecule has 144 valence electrons. The van der Waals surface area contributed by atoms with E-state index in [1.54, 1.807) is 0 Å². The molecule has 1 spiro atoms. The average Bonchev–Trinajstić information content (AvgIpc) is 3.29. The lowest BCUT2D eigenvalue weighted by Gasteiger charge is -2.35. The van der Waals surface area contributed by atoms with Crippen LogP contribution in [0.25, 0.3) is 22.0 Å². The summed E-state index contributed by atoms with van der Waals surface area (Å²) in [6.45, 7) is 2.19. The molecule has 1 saturated heterocycles. The number of hydrogen-bond acceptors (Lipinski definition) is 3. The van der Waals surface area contributed by atoms with Crippen LogP contribution in [0, 0.1) is 5.92 Å². The molecule has 1 aliphatic carbocycles. The Morgan fingerprint density at radius 2 is 2.00 bits per heavy atom. The first-order valence-corrected chi connectivity index (χ1v) is 10.4. The summed E-state index contributed by atoms with van der Waals surface area (Å²) in [7, 11) is 2.09. The number of rotatable bonds is 2. The molecule has 5 rings (SSSR count). The fraction of sp³-hybridized carbons (Fsp3) is 0.417. The molecule has 28 heavy (non-hydrogen) atoms. The number of Topliss-reactive ketones (excluding diaryl/α,β-unsaturated/α-hetero) is 1. The number of benzene rings is 1. The van der Waals surface area contributed by atoms with Crippen LogP contribution in [0.15, 0.2) is 48.8 Å². The summed E-state index contributed by atoms with van der Waals surface area (Å²) in [5, 5.41) is 4.96. The Morgan fingerprint density at radius 1 is 1.18 bits per heavy atom. The Hall–Kier alpha value is -2.46. The number of carbonyl (C=O) groups is 1. The van der Waals surface area contributed by atoms with Gasteiger partial charge in [0.1, 0.15) is 0 Å². The van der Waals surface area contributed by atoms with Gasteiger partial charge in [-0.05, 0) is 55.4 Å². The molecule has 2 aliphatic rings. The number of ketones is 1. The molecule has 0 amide bonds. The molecule has 4 nitrogen and oxygen atoms in total. The number of fused-ring (bicyclic) bond motifs is 1. The summed E-state index contributed by atoms with van der Waals surface area (Å²) in [5.74, 6) is 0.922. The van der Waals surface area contributed by atoms with Gasteiger partial charge in [0.2, 0.25) is 0 Å². The van der Waals surface area contributed by atoms with Gasteiger partial charge in [-0.1, -0.05) is 25.1 Å². The Kier molecular flexibility index (Phi) is 4.13. The molecule has 0 bridgehead atoms. The molecule has 2 fully saturated rings. The van der Waals surface area contributed by atoms with Gasteiger partial charge in [0.15, 0.2) is 5.78 Å². The van der Waals surface area contributed by atoms with Gasteiger partial charge in [0, 0.05) is 42.3 Å². The molecule has 2 aromatic heterocycles. The summed E-state index contributed by atoms with van der Waals surface area (Å²) in [6.07, 6.45) is 8.82. The number of hydrogen-bond donors (Lipinski definition) is 1. The van der Waals surface area contributed by atoms with Gasteiger partial charge in [0.05, 0.1) is 17.3 Å². The lowest BCUT2D eigenvalue weighted by atomic mass is 9.75. The van der Waals surface area contributed by atoms with Crippen LogP contribution in [-0.2, 0) is 11.8 Å². The van der Waals surface area contributed by atoms with Crippen molar-refractivity contribution in [2.75, 3.05) is 0 Å². The van der Waals surface area contributed by atoms with Crippen molar-refractivity contribution >= 4 is 16.7 Å². The van der Waals surface area contributed by atoms with Crippen molar-refractivity contribution in [3.05, 3.63) is 54.5 Å². The van der Waals surface area contributed by atoms with E-state index in [1.165, 1.54) is 22.0 Å². The monoisotopic (exact) mass is 373 g/mol. The summed E-state index contributed by atoms with van der Waals surface area (Å²) in [5.41, 5.74) is 4.39. The molecular formula is C24H27N3O. The highest BCUT2D eigenvalue weighted by molar-refractivity contribution is 5.96. The Morgan fingerprint density at radius 3 is 2.86 bits per heavy atom. The predicted octanol–water partition coefficient (Wildman–Crippen LogP) is 4.79. The van der Waals surface area contributed by atoms with Gasteiger partial charge >= 0.3 is 0 Å². The lowest BCUT2D eigenvalue weighted by molar-refractivity contribution is -0.128. The smallest absolute Gasteiger partial charge is 0.153 e. The van der Waals surface area contributed by atoms with Gasteiger partial charge < -0.3 is 4.57 Å². The van der Waals surface area contributed by atoms with Crippen molar-refractivity contribution in [3.63, 3.8) is 0 Å². The van der Waals surface area contributed by atoms with Gasteiger partial charge in [0.25, 0.3) is 0 Å². The number of aromatic nitrogens is 2. The van der Waals surface area contributed by atoms with Crippen molar-refractivity contribution < 1.29 is 4.79 Å². The molecule has 3 aromatic rings. The topological polar surface area (TPSA) is 46.9 Å². The molecule has 4 heteroatoms. The first kappa shape index (κ1) is 17.6. The minimum Gasteiger partial charge on any atom is -0.350 e. The summed E-state index contributed by atoms with van der Waals surface area (Å²) in [4.78, 5) is 17.4. The van der Waals surface area contributed by atoms with Gasteiger partial charge in [-0.2, -0.15) is 0 Å². The van der Waals surface area contributed by atoms with Crippen molar-refractivity contribution in [3.8, 4) is 11.1 Å². The van der Waals surface area contributed by atoms with Crippen LogP contribution < -0.4 is 5.32 Å². The van der Waals surface area contributed by atoms with Crippen molar-refractivity contribution in [1.29, 1.82) is 0 Å². The molecule has 3 unspecified atom stereocenters. The Balaban J connectivity index is 1.46. The normalized spacial score (nSPS) is 27.7. The second-order valence-electron chi connectivity index (χ2n) is 8.73. The molecule has 3 heterocycles. The quantitative estimate of drug-likeness (QED) is 0.702. The van der Waals surface area contributed by atoms with E-state index >= 15 is 0 Å². The van der Waals surface area contributed by atoms with Crippen molar-refractivity contribution in [2.24, 2.45) is 13.0 Å². The molecule has 1 saturated carbocycles. The highest BCUT2D eigenvalue weighted by Gasteiger charge is 2.47. The number of nitrogens with zero attached hydrogens (tertiary/aromatic N) is 2. The number of carbonyl (C=O) groups excluding carboxylic acids is 1. The van der Waals surface area contributed by atoms with Gasteiger partial charge in [-0.25, -0.2) is 0 Å². The first-order chi connectivity index (χ1) is 13.6. The fourth-order valence-corrected chi connectivity index (χ4v) is 5.13. The summed E-state index contributed by atoms with van der Waals surface area (Å²) >= 11 is 0. The number of nitrogens with one attached hydrogen (secondary N) is 1. The van der Waals surface area contributed by atoms with E-state index in [1.807, 2.05) is 6.20 Å². The SMILES string of the molecule is CC1CCC2(CCC(c3cc(-c4cn(C)c5ccccc45)ccn3)N2)C(=O)C1. The Labute approximate surface area is 166 Å². The summed E-state index contributed by atoms with van der Waals surface area (Å²) in [6, 6.07) is 12.9. The largest absolute Gasteiger partial charge is 0.350 e. The average molecular weight is 374 g/mol. The van der Waals surface area contributed by atoms with E-state index in [0.717, 1.165) is 31.4 Å². The molecule has 3 atom stereocenters. The molecular weight excluding hydrogens is 346 g/mol. The fourth-order valence-electron chi connectivity index (χ4n) is 5.13. The van der Waals surface area contributed by atoms with Crippen LogP contribution in [0.5, 0.6) is 0 Å². The third-order valence-corrected chi connectivity index (χ3v) is 6.79. The maximum absolute atomic E-state index is 12.8. The van der Waals surface area contributed by atoms with Crippen LogP contribution in [0.2, 0.25) is 0 Å². The van der Waals surface area contributed by atoms with E-state index in [-0.39, 0.29) is 11.6 Å². The van der Waals surface area contributed by atoms with E-state index in [9.17, 15) is 4.79 Å². The molecule has 1 aromatic carbocycles. The van der Waals surface area contributed by atoms with Crippen LogP contribution in [0.1, 0.15) is 50.8 Å². The zero-order valence-corrected chi connectivity index (χ0v) is 16.6. The minimum absolute atomic E-state index is 0.160. The number of aryl methyl sites for hydroxylation is 1. The van der Waals surface area contributed by atoms with Gasteiger partial charge in [-0.15, -0.1) is 0 Å². The van der Waals surface area contributed by atoms with E-state index in [2.05, 4.69) is 71.4 Å². The highest BCUT2D eigenvalue weighted by atomic mass is 16.1. The second kappa shape index (κ2) is 6.56. The zero-order chi connectivity index (χ0) is 19.3. The highest BCUT2D eigenvalue weighted by Crippen LogP contribution is 2.41. The van der Waals surface area contributed by atoms with Crippen molar-refractivity contribution in [1.82, 2.24) is 14.9 Å². The van der Waals surface area contributed by atoms with Crippen LogP contribution >= 0.6 is 0 Å². The zero-order valence-electron chi connectivity index (χ0n) is 16.6. The van der Waals surface area contributed by atoms with E-state index < -0.39 is 0 Å². The van der Waals surface area contributed by atoms with Gasteiger partial charge in [-0.3, -0.25) is 15.1 Å². The third kappa shape index (κ3) is 2.78. The predicted molar refractivity (Wildman–Crippen MR) is 112 cm³/mol. The van der Waals surface area contributed by atoms with Crippen LogP contribution in [0.3, 0.4) is 0 Å². The standard InChI is InChI=1S/C24H27N3O/c1-16-7-10-24(23(28)13-16)11-8-20(26-24)21-14-17(9-12-25-21)19-15-27(2)22-6-4-3-5-18(19)22/h3-6,9,12,14-16,20,26H,7-8,10-11,13H2,1-2H3. The minimum atomic E-state index is -0.311. The molecule has 1 N–H and O–H groups in total. The lowest BCUT2D eigenvalue weighted by Crippen LogP contribution is -2.51. The van der Waals surface area contributed by atoms with Crippen LogP contribution in [-0.4, -0.2) is 20.9 Å². The Bertz CT molecular complexity index is 1050. The third-order valence-electron chi connectivity index (χ3n) is 6.79. The maximum atomic E-state index is 12.8. The summed E-state index contributed by atoms with van der Waals surface area (Å²) < 4.78 is 2.18. The maximum Gasteiger partial charge on any atom is 0.153 e. The molecule has 0 radical (unpaired) electrons. The van der Waals surface area contributed by atoms with E-state index in [0.29, 0.717) is 18.1 Å². The number of pyridine rings is 1.